The molecule has 60 valence electrons. The van der Waals surface area contributed by atoms with Crippen molar-refractivity contribution in [3.8, 4) is 5.75 Å². The second-order valence-corrected chi connectivity index (χ2v) is 3.01. The number of hydrogen-bond donors (Lipinski definition) is 0. The molecular formula is C8H11NO2. The van der Waals surface area contributed by atoms with E-state index in [9.17, 15) is 0 Å². The van der Waals surface area contributed by atoms with Gasteiger partial charge in [0.05, 0.1) is 6.20 Å². The van der Waals surface area contributed by atoms with E-state index in [-0.39, 0.29) is 6.10 Å². The van der Waals surface area contributed by atoms with Crippen LogP contribution in [0, 0.1) is 0 Å². The fourth-order valence-electron chi connectivity index (χ4n) is 1.32. The van der Waals surface area contributed by atoms with E-state index >= 15 is 0 Å². The Morgan fingerprint density at radius 2 is 2.36 bits per heavy atom. The zero-order valence-electron chi connectivity index (χ0n) is 6.70. The molecule has 0 aliphatic carbocycles. The Balaban J connectivity index is 2.34. The Morgan fingerprint density at radius 1 is 1.55 bits per heavy atom. The van der Waals surface area contributed by atoms with Crippen LogP contribution in [0.25, 0.3) is 0 Å². The highest BCUT2D eigenvalue weighted by Crippen LogP contribution is 2.26. The van der Waals surface area contributed by atoms with Crippen LogP contribution in [0.3, 0.4) is 0 Å². The molecule has 1 unspecified atom stereocenters. The molecule has 3 heteroatoms. The van der Waals surface area contributed by atoms with E-state index in [0.717, 1.165) is 12.2 Å². The van der Waals surface area contributed by atoms with Crippen LogP contribution in [0.5, 0.6) is 5.75 Å². The molecule has 0 bridgehead atoms. The van der Waals surface area contributed by atoms with Crippen molar-refractivity contribution in [3.05, 3.63) is 18.0 Å². The third-order valence-electron chi connectivity index (χ3n) is 1.81. The maximum Gasteiger partial charge on any atom is 0.186 e. The number of nitrogens with zero attached hydrogens (tertiary/aromatic N) is 1. The first-order valence-corrected chi connectivity index (χ1v) is 3.74. The van der Waals surface area contributed by atoms with Gasteiger partial charge in [0.2, 0.25) is 0 Å². The fourth-order valence-corrected chi connectivity index (χ4v) is 1.32. The second-order valence-electron chi connectivity index (χ2n) is 3.01. The van der Waals surface area contributed by atoms with E-state index in [2.05, 4.69) is 6.20 Å². The molecule has 11 heavy (non-hydrogen) atoms. The third kappa shape index (κ3) is 1.12. The minimum atomic E-state index is 0.171. The fraction of sp³-hybridized carbons (Fsp3) is 0.500. The van der Waals surface area contributed by atoms with Crippen molar-refractivity contribution in [2.75, 3.05) is 0 Å². The molecule has 0 radical (unpaired) electrons. The summed E-state index contributed by atoms with van der Waals surface area (Å²) in [4.78, 5) is 10.0. The molecule has 1 aliphatic heterocycles. The number of rotatable bonds is 0. The van der Waals surface area contributed by atoms with Crippen LogP contribution in [0.1, 0.15) is 12.5 Å². The molecule has 0 spiro atoms. The number of fused-ring (bicyclic) bond motifs is 1. The van der Waals surface area contributed by atoms with E-state index < -0.39 is 0 Å². The smallest absolute Gasteiger partial charge is 0.186 e. The number of aromatic nitrogens is 1. The first-order chi connectivity index (χ1) is 5.25. The van der Waals surface area contributed by atoms with Gasteiger partial charge in [-0.15, -0.1) is 0 Å². The van der Waals surface area contributed by atoms with Gasteiger partial charge in [-0.1, -0.05) is 0 Å². The molecular weight excluding hydrogens is 142 g/mol. The van der Waals surface area contributed by atoms with Gasteiger partial charge >= 0.3 is 0 Å². The SMILES string of the molecule is CC1Cc2cn(C)cc2OO1. The molecule has 1 aromatic heterocycles. The molecule has 0 fully saturated rings. The molecule has 1 aromatic rings. The summed E-state index contributed by atoms with van der Waals surface area (Å²) >= 11 is 0. The Bertz CT molecular complexity index is 267. The summed E-state index contributed by atoms with van der Waals surface area (Å²) in [6, 6.07) is 0. The van der Waals surface area contributed by atoms with Gasteiger partial charge in [-0.2, -0.15) is 4.89 Å². The van der Waals surface area contributed by atoms with Crippen LogP contribution in [-0.4, -0.2) is 10.7 Å². The summed E-state index contributed by atoms with van der Waals surface area (Å²) in [7, 11) is 1.98. The summed E-state index contributed by atoms with van der Waals surface area (Å²) in [5.41, 5.74) is 1.23. The van der Waals surface area contributed by atoms with Crippen LogP contribution in [0.15, 0.2) is 12.4 Å². The monoisotopic (exact) mass is 153 g/mol. The average Bonchev–Trinajstić information content (AvgIpc) is 2.27. The molecule has 2 rings (SSSR count). The van der Waals surface area contributed by atoms with Crippen molar-refractivity contribution >= 4 is 0 Å². The van der Waals surface area contributed by atoms with Crippen molar-refractivity contribution in [1.82, 2.24) is 4.57 Å². The summed E-state index contributed by atoms with van der Waals surface area (Å²) in [6.07, 6.45) is 5.09. The van der Waals surface area contributed by atoms with E-state index in [1.807, 2.05) is 24.7 Å². The zero-order chi connectivity index (χ0) is 7.84. The average molecular weight is 153 g/mol. The topological polar surface area (TPSA) is 23.4 Å². The normalized spacial score (nSPS) is 22.5. The Labute approximate surface area is 65.5 Å². The summed E-state index contributed by atoms with van der Waals surface area (Å²) in [6.45, 7) is 2.00. The van der Waals surface area contributed by atoms with Gasteiger partial charge in [-0.05, 0) is 6.92 Å². The van der Waals surface area contributed by atoms with Gasteiger partial charge in [0.1, 0.15) is 6.10 Å². The summed E-state index contributed by atoms with van der Waals surface area (Å²) < 4.78 is 1.98. The molecule has 0 amide bonds. The molecule has 3 nitrogen and oxygen atoms in total. The van der Waals surface area contributed by atoms with Gasteiger partial charge < -0.3 is 9.45 Å². The standard InChI is InChI=1S/C8H11NO2/c1-6-3-7-4-9(2)5-8(7)11-10-6/h4-6H,3H2,1-2H3. The first-order valence-electron chi connectivity index (χ1n) is 3.74. The Hall–Kier alpha value is -0.960. The quantitative estimate of drug-likeness (QED) is 0.524. The maximum atomic E-state index is 5.04. The molecule has 2 heterocycles. The van der Waals surface area contributed by atoms with Crippen LogP contribution < -0.4 is 4.89 Å². The maximum absolute atomic E-state index is 5.04. The number of hydrogen-bond acceptors (Lipinski definition) is 2. The van der Waals surface area contributed by atoms with Crippen molar-refractivity contribution in [2.45, 2.75) is 19.4 Å². The van der Waals surface area contributed by atoms with Crippen molar-refractivity contribution < 1.29 is 9.78 Å². The third-order valence-corrected chi connectivity index (χ3v) is 1.81. The van der Waals surface area contributed by atoms with Gasteiger partial charge in [-0.3, -0.25) is 0 Å². The lowest BCUT2D eigenvalue weighted by Gasteiger charge is -2.17. The minimum Gasteiger partial charge on any atom is -0.353 e. The lowest BCUT2D eigenvalue weighted by Crippen LogP contribution is -2.18. The van der Waals surface area contributed by atoms with E-state index in [4.69, 9.17) is 9.78 Å². The zero-order valence-corrected chi connectivity index (χ0v) is 6.70. The van der Waals surface area contributed by atoms with Crippen LogP contribution in [-0.2, 0) is 18.4 Å². The van der Waals surface area contributed by atoms with Crippen molar-refractivity contribution in [2.24, 2.45) is 7.05 Å². The van der Waals surface area contributed by atoms with Gasteiger partial charge in [0, 0.05) is 25.2 Å². The highest BCUT2D eigenvalue weighted by atomic mass is 17.2. The molecule has 1 aliphatic rings. The highest BCUT2D eigenvalue weighted by Gasteiger charge is 2.18. The predicted octanol–water partition coefficient (Wildman–Crippen LogP) is 1.28. The highest BCUT2D eigenvalue weighted by molar-refractivity contribution is 5.32. The van der Waals surface area contributed by atoms with Gasteiger partial charge in [-0.25, -0.2) is 0 Å². The van der Waals surface area contributed by atoms with E-state index in [0.29, 0.717) is 0 Å². The molecule has 0 saturated heterocycles. The second kappa shape index (κ2) is 2.27. The Kier molecular flexibility index (Phi) is 1.39. The molecule has 0 saturated carbocycles. The minimum absolute atomic E-state index is 0.171. The van der Waals surface area contributed by atoms with Gasteiger partial charge in [0.25, 0.3) is 0 Å². The van der Waals surface area contributed by atoms with E-state index in [1.165, 1.54) is 5.56 Å². The lowest BCUT2D eigenvalue weighted by atomic mass is 10.1. The van der Waals surface area contributed by atoms with E-state index in [1.54, 1.807) is 0 Å². The number of aryl methyl sites for hydroxylation is 1. The molecule has 0 aromatic carbocycles. The van der Waals surface area contributed by atoms with Crippen molar-refractivity contribution in [3.63, 3.8) is 0 Å². The lowest BCUT2D eigenvalue weighted by molar-refractivity contribution is -0.248. The largest absolute Gasteiger partial charge is 0.353 e. The summed E-state index contributed by atoms with van der Waals surface area (Å²) in [5.74, 6) is 0.852. The summed E-state index contributed by atoms with van der Waals surface area (Å²) in [5, 5.41) is 0. The molecule has 1 atom stereocenters. The van der Waals surface area contributed by atoms with Crippen LogP contribution >= 0.6 is 0 Å². The van der Waals surface area contributed by atoms with Crippen molar-refractivity contribution in [1.29, 1.82) is 0 Å². The van der Waals surface area contributed by atoms with Crippen LogP contribution in [0.4, 0.5) is 0 Å². The molecule has 0 N–H and O–H groups in total. The van der Waals surface area contributed by atoms with Gasteiger partial charge in [0.15, 0.2) is 5.75 Å². The first kappa shape index (κ1) is 6.73. The van der Waals surface area contributed by atoms with Crippen LogP contribution in [0.2, 0.25) is 0 Å². The predicted molar refractivity (Wildman–Crippen MR) is 40.3 cm³/mol. The Morgan fingerprint density at radius 3 is 3.18 bits per heavy atom.